The molecular weight excluding hydrogens is 567 g/mol. The van der Waals surface area contributed by atoms with Gasteiger partial charge in [0.05, 0.1) is 25.7 Å². The van der Waals surface area contributed by atoms with Gasteiger partial charge in [0, 0.05) is 54.8 Å². The van der Waals surface area contributed by atoms with E-state index < -0.39 is 6.17 Å². The lowest BCUT2D eigenvalue weighted by Gasteiger charge is -2.15. The van der Waals surface area contributed by atoms with Crippen LogP contribution in [0.5, 0.6) is 0 Å². The molecule has 0 fully saturated rings. The molecule has 3 rings (SSSR count). The highest BCUT2D eigenvalue weighted by Gasteiger charge is 2.09. The first-order chi connectivity index (χ1) is 20.9. The predicted molar refractivity (Wildman–Crippen MR) is 174 cm³/mol. The average molecular weight is 607 g/mol. The number of hydrogen-bond donors (Lipinski definition) is 1. The Hall–Kier alpha value is -4.48. The van der Waals surface area contributed by atoms with Crippen LogP contribution in [0, 0.1) is 11.8 Å². The van der Waals surface area contributed by atoms with Crippen LogP contribution in [-0.2, 0) is 20.8 Å². The van der Waals surface area contributed by atoms with E-state index >= 15 is 0 Å². The van der Waals surface area contributed by atoms with Crippen molar-refractivity contribution in [2.75, 3.05) is 33.0 Å². The highest BCUT2D eigenvalue weighted by Crippen LogP contribution is 2.29. The summed E-state index contributed by atoms with van der Waals surface area (Å²) in [6, 6.07) is 7.38. The van der Waals surface area contributed by atoms with E-state index in [1.54, 1.807) is 37.2 Å². The molecule has 1 aromatic carbocycles. The van der Waals surface area contributed by atoms with Crippen molar-refractivity contribution in [3.8, 4) is 11.8 Å². The third kappa shape index (κ3) is 14.3. The maximum Gasteiger partial charge on any atom is 0.209 e. The molecule has 0 saturated carbocycles. The number of allylic oxidation sites excluding steroid dienone is 9. The number of methoxy groups -OCH3 is 1. The van der Waals surface area contributed by atoms with E-state index in [9.17, 15) is 9.18 Å². The molecule has 228 valence electrons. The van der Waals surface area contributed by atoms with Crippen LogP contribution >= 0.6 is 11.6 Å². The summed E-state index contributed by atoms with van der Waals surface area (Å²) in [6.07, 6.45) is 21.9. The van der Waals surface area contributed by atoms with Crippen molar-refractivity contribution in [3.63, 3.8) is 0 Å². The summed E-state index contributed by atoms with van der Waals surface area (Å²) in [5.41, 5.74) is 10.0. The van der Waals surface area contributed by atoms with E-state index in [0.29, 0.717) is 36.8 Å². The normalized spacial score (nSPS) is 13.7. The molecule has 0 aliphatic heterocycles. The van der Waals surface area contributed by atoms with E-state index in [4.69, 9.17) is 22.1 Å². The molecule has 9 heteroatoms. The van der Waals surface area contributed by atoms with E-state index in [-0.39, 0.29) is 0 Å². The van der Waals surface area contributed by atoms with Gasteiger partial charge < -0.3 is 20.1 Å². The van der Waals surface area contributed by atoms with Gasteiger partial charge in [-0.3, -0.25) is 9.48 Å². The Morgan fingerprint density at radius 1 is 1.35 bits per heavy atom. The number of nitrogen functional groups attached to an aromatic ring is 1. The fraction of sp³-hybridized carbons (Fsp3) is 0.294. The smallest absolute Gasteiger partial charge is 0.209 e. The Morgan fingerprint density at radius 3 is 2.91 bits per heavy atom. The van der Waals surface area contributed by atoms with Crippen LogP contribution in [-0.4, -0.2) is 54.6 Å². The van der Waals surface area contributed by atoms with Gasteiger partial charge in [-0.2, -0.15) is 5.10 Å². The molecule has 2 aromatic rings. The quantitative estimate of drug-likeness (QED) is 0.0880. The molecule has 2 N–H and O–H groups in total. The number of carbonyl (C=O) groups is 1. The second kappa shape index (κ2) is 20.4. The van der Waals surface area contributed by atoms with Gasteiger partial charge in [-0.15, -0.1) is 0 Å². The Labute approximate surface area is 259 Å². The highest BCUT2D eigenvalue weighted by molar-refractivity contribution is 6.30. The van der Waals surface area contributed by atoms with E-state index in [1.807, 2.05) is 35.2 Å². The van der Waals surface area contributed by atoms with Gasteiger partial charge in [0.15, 0.2) is 6.17 Å². The fourth-order valence-corrected chi connectivity index (χ4v) is 3.96. The number of amides is 1. The molecule has 1 atom stereocenters. The fourth-order valence-electron chi connectivity index (χ4n) is 3.79. The molecule has 1 aliphatic carbocycles. The standard InChI is InChI=1S/C25H29ClN4O2.C9H11FO/c1-29(19-31)15-12-21(24-18-22(26)9-11-25(24)27)8-6-20-4-2-5-23(10-7-20)32-17-16-30-14-3-13-28-30;1-3-6-9(10)7-4-5-8-11-2/h2-4,7-11,13-14,18-19H,5-6,12,15-17,27H2,1H3;3,5-6,8-9H,1-2H3/b21-8+;6-3-,8-5+. The molecule has 1 amide bonds. The molecule has 43 heavy (non-hydrogen) atoms. The van der Waals surface area contributed by atoms with Crippen LogP contribution in [0.2, 0.25) is 5.02 Å². The number of hydrogen-bond acceptors (Lipinski definition) is 5. The summed E-state index contributed by atoms with van der Waals surface area (Å²) in [6.45, 7) is 3.64. The van der Waals surface area contributed by atoms with Crippen molar-refractivity contribution >= 4 is 29.3 Å². The lowest BCUT2D eigenvalue weighted by Crippen LogP contribution is -2.17. The number of rotatable bonds is 13. The van der Waals surface area contributed by atoms with Gasteiger partial charge in [-0.1, -0.05) is 53.8 Å². The summed E-state index contributed by atoms with van der Waals surface area (Å²) in [4.78, 5) is 12.6. The summed E-state index contributed by atoms with van der Waals surface area (Å²) in [5, 5.41) is 4.82. The minimum atomic E-state index is -1.18. The predicted octanol–water partition coefficient (Wildman–Crippen LogP) is 6.92. The van der Waals surface area contributed by atoms with E-state index in [0.717, 1.165) is 41.7 Å². The SMILES string of the molecule is C/C=C\C(F)C#C/C=C/OC.CN(C=O)CC/C(=C\CC1=CC=C(OCCn2cccn2)CC=C1)c1cc(Cl)ccc1N. The maximum absolute atomic E-state index is 12.5. The number of alkyl halides is 1. The molecule has 0 bridgehead atoms. The first-order valence-electron chi connectivity index (χ1n) is 13.9. The number of anilines is 1. The monoisotopic (exact) mass is 606 g/mol. The number of ether oxygens (including phenoxy) is 2. The number of halogens is 2. The van der Waals surface area contributed by atoms with Crippen LogP contribution in [0.25, 0.3) is 5.57 Å². The molecule has 7 nitrogen and oxygen atoms in total. The van der Waals surface area contributed by atoms with Gasteiger partial charge in [-0.05, 0) is 67.3 Å². The lowest BCUT2D eigenvalue weighted by molar-refractivity contribution is -0.116. The lowest BCUT2D eigenvalue weighted by atomic mass is 9.98. The summed E-state index contributed by atoms with van der Waals surface area (Å²) < 4.78 is 24.8. The van der Waals surface area contributed by atoms with Crippen molar-refractivity contribution < 1.29 is 18.7 Å². The highest BCUT2D eigenvalue weighted by atomic mass is 35.5. The first kappa shape index (κ1) is 34.7. The number of carbonyl (C=O) groups excluding carboxylic acids is 1. The Kier molecular flexibility index (Phi) is 16.5. The zero-order valence-electron chi connectivity index (χ0n) is 25.0. The number of nitrogens with two attached hydrogens (primary N) is 1. The molecule has 0 spiro atoms. The van der Waals surface area contributed by atoms with Crippen LogP contribution in [0.4, 0.5) is 10.1 Å². The molecule has 0 radical (unpaired) electrons. The van der Waals surface area contributed by atoms with Crippen LogP contribution < -0.4 is 5.73 Å². The Bertz CT molecular complexity index is 1380. The molecular formula is C34H40ClFN4O3. The van der Waals surface area contributed by atoms with E-state index in [1.165, 1.54) is 25.5 Å². The molecule has 1 aliphatic rings. The van der Waals surface area contributed by atoms with Crippen molar-refractivity contribution in [1.82, 2.24) is 14.7 Å². The third-order valence-electron chi connectivity index (χ3n) is 6.03. The van der Waals surface area contributed by atoms with Gasteiger partial charge in [0.1, 0.15) is 6.61 Å². The number of aromatic nitrogens is 2. The van der Waals surface area contributed by atoms with Gasteiger partial charge in [0.25, 0.3) is 0 Å². The molecule has 1 heterocycles. The van der Waals surface area contributed by atoms with E-state index in [2.05, 4.69) is 46.0 Å². The Balaban J connectivity index is 0.000000499. The largest absolute Gasteiger partial charge is 0.504 e. The zero-order valence-corrected chi connectivity index (χ0v) is 25.7. The number of benzene rings is 1. The van der Waals surface area contributed by atoms with Gasteiger partial charge in [-0.25, -0.2) is 4.39 Å². The maximum atomic E-state index is 12.5. The Morgan fingerprint density at radius 2 is 2.19 bits per heavy atom. The summed E-state index contributed by atoms with van der Waals surface area (Å²) in [7, 11) is 3.28. The minimum absolute atomic E-state index is 0.576. The minimum Gasteiger partial charge on any atom is -0.504 e. The van der Waals surface area contributed by atoms with Crippen LogP contribution in [0.15, 0.2) is 103 Å². The average Bonchev–Trinajstić information content (AvgIpc) is 3.42. The van der Waals surface area contributed by atoms with Gasteiger partial charge in [0.2, 0.25) is 6.41 Å². The topological polar surface area (TPSA) is 82.6 Å². The van der Waals surface area contributed by atoms with Crippen molar-refractivity contribution in [1.29, 1.82) is 0 Å². The first-order valence-corrected chi connectivity index (χ1v) is 14.3. The second-order valence-corrected chi connectivity index (χ2v) is 9.79. The summed E-state index contributed by atoms with van der Waals surface area (Å²) in [5.74, 6) is 5.77. The second-order valence-electron chi connectivity index (χ2n) is 9.35. The molecule has 1 aromatic heterocycles. The molecule has 0 saturated heterocycles. The summed E-state index contributed by atoms with van der Waals surface area (Å²) >= 11 is 6.21. The number of nitrogens with zero attached hydrogens (tertiary/aromatic N) is 3. The van der Waals surface area contributed by atoms with Gasteiger partial charge >= 0.3 is 0 Å². The van der Waals surface area contributed by atoms with Crippen LogP contribution in [0.1, 0.15) is 31.7 Å². The van der Waals surface area contributed by atoms with Crippen molar-refractivity contribution in [3.05, 3.63) is 113 Å². The van der Waals surface area contributed by atoms with Crippen LogP contribution in [0.3, 0.4) is 0 Å². The third-order valence-corrected chi connectivity index (χ3v) is 6.27. The molecule has 1 unspecified atom stereocenters. The van der Waals surface area contributed by atoms with Crippen molar-refractivity contribution in [2.24, 2.45) is 0 Å². The zero-order chi connectivity index (χ0) is 31.3. The van der Waals surface area contributed by atoms with Crippen molar-refractivity contribution in [2.45, 2.75) is 38.9 Å².